The highest BCUT2D eigenvalue weighted by Crippen LogP contribution is 2.34. The number of hydrogen-bond acceptors (Lipinski definition) is 3. The van der Waals surface area contributed by atoms with Crippen LogP contribution in [0.1, 0.15) is 27.2 Å². The van der Waals surface area contributed by atoms with E-state index in [0.29, 0.717) is 11.5 Å². The molecule has 2 aromatic heterocycles. The molecule has 3 aromatic rings. The van der Waals surface area contributed by atoms with E-state index in [4.69, 9.17) is 0 Å². The second-order valence-corrected chi connectivity index (χ2v) is 5.75. The molecule has 5 nitrogen and oxygen atoms in total. The molecule has 0 fully saturated rings. The highest BCUT2D eigenvalue weighted by Gasteiger charge is 2.34. The zero-order valence-electron chi connectivity index (χ0n) is 14.0. The van der Waals surface area contributed by atoms with Crippen molar-refractivity contribution in [3.63, 3.8) is 0 Å². The Morgan fingerprint density at radius 3 is 2.46 bits per heavy atom. The van der Waals surface area contributed by atoms with Crippen molar-refractivity contribution in [2.24, 2.45) is 0 Å². The smallest absolute Gasteiger partial charge is 0.306 e. The van der Waals surface area contributed by atoms with Gasteiger partial charge in [0.1, 0.15) is 5.82 Å². The molecule has 3 rings (SSSR count). The lowest BCUT2D eigenvalue weighted by molar-refractivity contribution is -0.137. The van der Waals surface area contributed by atoms with Crippen LogP contribution in [0.2, 0.25) is 0 Å². The largest absolute Gasteiger partial charge is 0.418 e. The Morgan fingerprint density at radius 1 is 1.08 bits per heavy atom. The van der Waals surface area contributed by atoms with Gasteiger partial charge in [-0.1, -0.05) is 18.2 Å². The second-order valence-electron chi connectivity index (χ2n) is 5.75. The van der Waals surface area contributed by atoms with Gasteiger partial charge in [0.05, 0.1) is 28.7 Å². The van der Waals surface area contributed by atoms with Gasteiger partial charge in [0.2, 0.25) is 0 Å². The van der Waals surface area contributed by atoms with Crippen molar-refractivity contribution < 1.29 is 18.0 Å². The lowest BCUT2D eigenvalue weighted by Gasteiger charge is -2.14. The SMILES string of the molecule is Cc1ccc(NC(=O)c2cnn(-c3ccccc3C(F)(F)F)c2C)nc1. The fourth-order valence-electron chi connectivity index (χ4n) is 2.50. The number of benzene rings is 1. The van der Waals surface area contributed by atoms with E-state index >= 15 is 0 Å². The summed E-state index contributed by atoms with van der Waals surface area (Å²) < 4.78 is 40.8. The van der Waals surface area contributed by atoms with E-state index < -0.39 is 17.6 Å². The molecule has 0 aliphatic heterocycles. The number of aryl methyl sites for hydroxylation is 1. The fraction of sp³-hybridized carbons (Fsp3) is 0.167. The van der Waals surface area contributed by atoms with Gasteiger partial charge >= 0.3 is 6.18 Å². The molecule has 0 bridgehead atoms. The number of halogens is 3. The Balaban J connectivity index is 1.94. The Kier molecular flexibility index (Phi) is 4.50. The van der Waals surface area contributed by atoms with Gasteiger partial charge in [-0.3, -0.25) is 4.79 Å². The maximum atomic E-state index is 13.2. The van der Waals surface area contributed by atoms with Gasteiger partial charge in [-0.05, 0) is 37.6 Å². The van der Waals surface area contributed by atoms with Crippen LogP contribution in [0.4, 0.5) is 19.0 Å². The third kappa shape index (κ3) is 3.44. The highest BCUT2D eigenvalue weighted by atomic mass is 19.4. The quantitative estimate of drug-likeness (QED) is 0.763. The van der Waals surface area contributed by atoms with Gasteiger partial charge in [0.15, 0.2) is 0 Å². The molecule has 8 heteroatoms. The first kappa shape index (κ1) is 17.7. The van der Waals surface area contributed by atoms with Crippen molar-refractivity contribution in [2.75, 3.05) is 5.32 Å². The summed E-state index contributed by atoms with van der Waals surface area (Å²) in [4.78, 5) is 16.5. The minimum absolute atomic E-state index is 0.134. The van der Waals surface area contributed by atoms with Crippen LogP contribution in [0.15, 0.2) is 48.8 Å². The summed E-state index contributed by atoms with van der Waals surface area (Å²) >= 11 is 0. The Hall–Kier alpha value is -3.16. The number of carbonyl (C=O) groups is 1. The van der Waals surface area contributed by atoms with Crippen molar-refractivity contribution in [1.29, 1.82) is 0 Å². The first-order chi connectivity index (χ1) is 12.3. The highest BCUT2D eigenvalue weighted by molar-refractivity contribution is 6.04. The Bertz CT molecular complexity index is 946. The van der Waals surface area contributed by atoms with Crippen molar-refractivity contribution in [3.8, 4) is 5.69 Å². The number of alkyl halides is 3. The molecule has 0 unspecified atom stereocenters. The Morgan fingerprint density at radius 2 is 1.81 bits per heavy atom. The summed E-state index contributed by atoms with van der Waals surface area (Å²) in [5.74, 6) is -0.141. The molecule has 1 N–H and O–H groups in total. The summed E-state index contributed by atoms with van der Waals surface area (Å²) in [5.41, 5.74) is 0.454. The maximum Gasteiger partial charge on any atom is 0.418 e. The molecule has 2 heterocycles. The van der Waals surface area contributed by atoms with Crippen molar-refractivity contribution in [3.05, 3.63) is 71.2 Å². The van der Waals surface area contributed by atoms with Crippen LogP contribution in [-0.4, -0.2) is 20.7 Å². The molecule has 0 atom stereocenters. The minimum Gasteiger partial charge on any atom is -0.306 e. The van der Waals surface area contributed by atoms with Crippen LogP contribution in [-0.2, 0) is 6.18 Å². The van der Waals surface area contributed by atoms with Gasteiger partial charge in [0.25, 0.3) is 5.91 Å². The van der Waals surface area contributed by atoms with Crippen molar-refractivity contribution in [2.45, 2.75) is 20.0 Å². The summed E-state index contributed by atoms with van der Waals surface area (Å²) in [5, 5.41) is 6.58. The third-order valence-electron chi connectivity index (χ3n) is 3.85. The topological polar surface area (TPSA) is 59.8 Å². The summed E-state index contributed by atoms with van der Waals surface area (Å²) in [6, 6.07) is 8.52. The number of hydrogen-bond donors (Lipinski definition) is 1. The van der Waals surface area contributed by atoms with Crippen molar-refractivity contribution >= 4 is 11.7 Å². The molecule has 134 valence electrons. The normalized spacial score (nSPS) is 11.4. The number of amides is 1. The average molecular weight is 360 g/mol. The first-order valence-corrected chi connectivity index (χ1v) is 7.72. The molecule has 0 radical (unpaired) electrons. The number of anilines is 1. The van der Waals surface area contributed by atoms with E-state index in [9.17, 15) is 18.0 Å². The number of pyridine rings is 1. The molecule has 0 spiro atoms. The Labute approximate surface area is 147 Å². The van der Waals surface area contributed by atoms with E-state index in [2.05, 4.69) is 15.4 Å². The van der Waals surface area contributed by atoms with Crippen molar-refractivity contribution in [1.82, 2.24) is 14.8 Å². The predicted octanol–water partition coefficient (Wildman–Crippen LogP) is 4.16. The molecule has 0 saturated heterocycles. The second kappa shape index (κ2) is 6.62. The molecule has 0 aliphatic carbocycles. The molecule has 26 heavy (non-hydrogen) atoms. The lowest BCUT2D eigenvalue weighted by Crippen LogP contribution is -2.15. The number of nitrogens with zero attached hydrogens (tertiary/aromatic N) is 3. The number of para-hydroxylation sites is 1. The van der Waals surface area contributed by atoms with Gasteiger partial charge in [-0.15, -0.1) is 0 Å². The first-order valence-electron chi connectivity index (χ1n) is 7.72. The summed E-state index contributed by atoms with van der Waals surface area (Å²) in [6.07, 6.45) is -1.68. The maximum absolute atomic E-state index is 13.2. The standard InChI is InChI=1S/C18H15F3N4O/c1-11-7-8-16(22-9-11)24-17(26)13-10-23-25(12(13)2)15-6-4-3-5-14(15)18(19,20)21/h3-10H,1-2H3,(H,22,24,26). The van der Waals surface area contributed by atoms with E-state index in [0.717, 1.165) is 16.3 Å². The minimum atomic E-state index is -4.52. The summed E-state index contributed by atoms with van der Waals surface area (Å²) in [6.45, 7) is 3.41. The van der Waals surface area contributed by atoms with Crippen LogP contribution in [0, 0.1) is 13.8 Å². The number of aromatic nitrogens is 3. The average Bonchev–Trinajstić information content (AvgIpc) is 2.98. The van der Waals surface area contributed by atoms with Crippen LogP contribution in [0.3, 0.4) is 0 Å². The fourth-order valence-corrected chi connectivity index (χ4v) is 2.50. The zero-order valence-corrected chi connectivity index (χ0v) is 14.0. The zero-order chi connectivity index (χ0) is 18.9. The molecule has 0 aliphatic rings. The molecular weight excluding hydrogens is 345 g/mol. The van der Waals surface area contributed by atoms with Gasteiger partial charge in [0, 0.05) is 6.20 Å². The molecule has 1 aromatic carbocycles. The summed E-state index contributed by atoms with van der Waals surface area (Å²) in [7, 11) is 0. The van der Waals surface area contributed by atoms with Crippen LogP contribution >= 0.6 is 0 Å². The van der Waals surface area contributed by atoms with E-state index in [1.54, 1.807) is 18.3 Å². The number of carbonyl (C=O) groups excluding carboxylic acids is 1. The van der Waals surface area contributed by atoms with Gasteiger partial charge < -0.3 is 5.32 Å². The lowest BCUT2D eigenvalue weighted by atomic mass is 10.1. The van der Waals surface area contributed by atoms with Gasteiger partial charge in [-0.25, -0.2) is 9.67 Å². The van der Waals surface area contributed by atoms with E-state index in [-0.39, 0.29) is 11.3 Å². The van der Waals surface area contributed by atoms with Gasteiger partial charge in [-0.2, -0.15) is 18.3 Å². The monoisotopic (exact) mass is 360 g/mol. The predicted molar refractivity (Wildman–Crippen MR) is 90.2 cm³/mol. The number of nitrogens with one attached hydrogen (secondary N) is 1. The van der Waals surface area contributed by atoms with E-state index in [1.165, 1.54) is 31.3 Å². The molecule has 1 amide bonds. The van der Waals surface area contributed by atoms with Crippen LogP contribution in [0.5, 0.6) is 0 Å². The number of rotatable bonds is 3. The third-order valence-corrected chi connectivity index (χ3v) is 3.85. The van der Waals surface area contributed by atoms with E-state index in [1.807, 2.05) is 6.92 Å². The van der Waals surface area contributed by atoms with Crippen LogP contribution in [0.25, 0.3) is 5.69 Å². The molecule has 0 saturated carbocycles. The van der Waals surface area contributed by atoms with Crippen LogP contribution < -0.4 is 5.32 Å². The molecular formula is C18H15F3N4O.